The van der Waals surface area contributed by atoms with Crippen LogP contribution in [0.2, 0.25) is 0 Å². The molecule has 1 unspecified atom stereocenters. The molecular formula is C36H40BrN3O4S. The van der Waals surface area contributed by atoms with Gasteiger partial charge in [-0.3, -0.25) is 13.9 Å². The number of benzene rings is 4. The van der Waals surface area contributed by atoms with E-state index < -0.39 is 28.5 Å². The highest BCUT2D eigenvalue weighted by Gasteiger charge is 2.35. The molecule has 0 aromatic heterocycles. The third-order valence-electron chi connectivity index (χ3n) is 7.61. The summed E-state index contributed by atoms with van der Waals surface area (Å²) >= 11 is 3.47. The number of carbonyl (C=O) groups excluding carboxylic acids is 2. The number of halogens is 1. The smallest absolute Gasteiger partial charge is 0.264 e. The second-order valence-electron chi connectivity index (χ2n) is 11.1. The van der Waals surface area contributed by atoms with E-state index in [9.17, 15) is 18.0 Å². The summed E-state index contributed by atoms with van der Waals surface area (Å²) in [4.78, 5) is 30.0. The van der Waals surface area contributed by atoms with Gasteiger partial charge in [0.25, 0.3) is 10.0 Å². The van der Waals surface area contributed by atoms with Crippen LogP contribution in [-0.2, 0) is 32.6 Å². The number of hydrogen-bond acceptors (Lipinski definition) is 4. The van der Waals surface area contributed by atoms with Crippen LogP contribution in [-0.4, -0.2) is 44.3 Å². The average Bonchev–Trinajstić information content (AvgIpc) is 3.04. The lowest BCUT2D eigenvalue weighted by Gasteiger charge is -2.34. The highest BCUT2D eigenvalue weighted by molar-refractivity contribution is 9.10. The van der Waals surface area contributed by atoms with Crippen molar-refractivity contribution < 1.29 is 18.0 Å². The summed E-state index contributed by atoms with van der Waals surface area (Å²) in [7, 11) is -4.14. The van der Waals surface area contributed by atoms with E-state index in [4.69, 9.17) is 0 Å². The maximum absolute atomic E-state index is 14.6. The first-order chi connectivity index (χ1) is 21.6. The van der Waals surface area contributed by atoms with E-state index in [1.165, 1.54) is 21.3 Å². The van der Waals surface area contributed by atoms with E-state index in [0.29, 0.717) is 17.8 Å². The van der Waals surface area contributed by atoms with E-state index in [1.807, 2.05) is 87.5 Å². The SMILES string of the molecule is CCCCNC(=O)C(Cc1ccccc1)N(Cc1ccc(Br)cc1)C(=O)CN(c1cc(C)ccc1C)S(=O)(=O)c1ccccc1. The second-order valence-corrected chi connectivity index (χ2v) is 13.9. The Kier molecular flexibility index (Phi) is 12.0. The maximum Gasteiger partial charge on any atom is 0.264 e. The Bertz CT molecular complexity index is 1680. The molecule has 7 nitrogen and oxygen atoms in total. The van der Waals surface area contributed by atoms with Crippen LogP contribution in [0.25, 0.3) is 0 Å². The molecule has 0 heterocycles. The molecule has 0 fully saturated rings. The highest BCUT2D eigenvalue weighted by atomic mass is 79.9. The summed E-state index contributed by atoms with van der Waals surface area (Å²) in [5, 5.41) is 3.02. The zero-order chi connectivity index (χ0) is 32.4. The van der Waals surface area contributed by atoms with Crippen molar-refractivity contribution in [2.75, 3.05) is 17.4 Å². The van der Waals surface area contributed by atoms with E-state index in [2.05, 4.69) is 21.2 Å². The zero-order valence-corrected chi connectivity index (χ0v) is 28.4. The minimum atomic E-state index is -4.14. The molecule has 1 atom stereocenters. The number of anilines is 1. The maximum atomic E-state index is 14.6. The topological polar surface area (TPSA) is 86.8 Å². The molecule has 1 N–H and O–H groups in total. The molecule has 236 valence electrons. The van der Waals surface area contributed by atoms with Crippen molar-refractivity contribution in [1.82, 2.24) is 10.2 Å². The fraction of sp³-hybridized carbons (Fsp3) is 0.278. The summed E-state index contributed by atoms with van der Waals surface area (Å²) in [5.41, 5.74) is 3.70. The standard InChI is InChI=1S/C36H40BrN3O4S/c1-4-5-22-38-36(42)34(24-29-12-8-6-9-13-29)39(25-30-18-20-31(37)21-19-30)35(41)26-40(33-23-27(2)16-17-28(33)3)45(43,44)32-14-10-7-11-15-32/h6-21,23,34H,4-5,22,24-26H2,1-3H3,(H,38,42). The number of aryl methyl sites for hydroxylation is 2. The minimum Gasteiger partial charge on any atom is -0.354 e. The van der Waals surface area contributed by atoms with Crippen LogP contribution in [0.5, 0.6) is 0 Å². The van der Waals surface area contributed by atoms with Crippen molar-refractivity contribution in [3.63, 3.8) is 0 Å². The number of amides is 2. The van der Waals surface area contributed by atoms with E-state index >= 15 is 0 Å². The molecule has 0 spiro atoms. The molecule has 45 heavy (non-hydrogen) atoms. The lowest BCUT2D eigenvalue weighted by atomic mass is 10.0. The van der Waals surface area contributed by atoms with Gasteiger partial charge >= 0.3 is 0 Å². The van der Waals surface area contributed by atoms with Gasteiger partial charge in [-0.25, -0.2) is 8.42 Å². The van der Waals surface area contributed by atoms with Gasteiger partial charge in [0.15, 0.2) is 0 Å². The minimum absolute atomic E-state index is 0.0799. The summed E-state index contributed by atoms with van der Waals surface area (Å²) in [6, 6.07) is 29.9. The fourth-order valence-electron chi connectivity index (χ4n) is 5.07. The van der Waals surface area contributed by atoms with Crippen molar-refractivity contribution >= 4 is 43.5 Å². The van der Waals surface area contributed by atoms with Gasteiger partial charge in [0.2, 0.25) is 11.8 Å². The normalized spacial score (nSPS) is 11.9. The van der Waals surface area contributed by atoms with Gasteiger partial charge in [-0.1, -0.05) is 102 Å². The van der Waals surface area contributed by atoms with Crippen molar-refractivity contribution in [2.45, 2.75) is 57.5 Å². The van der Waals surface area contributed by atoms with Gasteiger partial charge in [-0.05, 0) is 72.9 Å². The zero-order valence-electron chi connectivity index (χ0n) is 25.9. The van der Waals surface area contributed by atoms with Crippen molar-refractivity contribution in [2.24, 2.45) is 0 Å². The van der Waals surface area contributed by atoms with E-state index in [-0.39, 0.29) is 23.8 Å². The molecule has 4 rings (SSSR count). The molecule has 0 bridgehead atoms. The van der Waals surface area contributed by atoms with Crippen LogP contribution in [0.3, 0.4) is 0 Å². The second kappa shape index (κ2) is 15.9. The summed E-state index contributed by atoms with van der Waals surface area (Å²) in [6.07, 6.45) is 1.99. The molecule has 0 saturated heterocycles. The number of hydrogen-bond donors (Lipinski definition) is 1. The third kappa shape index (κ3) is 9.05. The van der Waals surface area contributed by atoms with Gasteiger partial charge < -0.3 is 10.2 Å². The predicted molar refractivity (Wildman–Crippen MR) is 183 cm³/mol. The predicted octanol–water partition coefficient (Wildman–Crippen LogP) is 6.82. The van der Waals surface area contributed by atoms with Gasteiger partial charge in [0.05, 0.1) is 10.6 Å². The summed E-state index contributed by atoms with van der Waals surface area (Å²) in [6.45, 7) is 5.88. The van der Waals surface area contributed by atoms with Gasteiger partial charge in [0.1, 0.15) is 12.6 Å². The lowest BCUT2D eigenvalue weighted by Crippen LogP contribution is -2.53. The van der Waals surface area contributed by atoms with Gasteiger partial charge in [-0.2, -0.15) is 0 Å². The molecule has 2 amide bonds. The van der Waals surface area contributed by atoms with Crippen molar-refractivity contribution in [1.29, 1.82) is 0 Å². The number of carbonyl (C=O) groups is 2. The van der Waals surface area contributed by atoms with Crippen LogP contribution < -0.4 is 9.62 Å². The Morgan fingerprint density at radius 3 is 2.13 bits per heavy atom. The fourth-order valence-corrected chi connectivity index (χ4v) is 6.82. The first-order valence-electron chi connectivity index (χ1n) is 15.1. The lowest BCUT2D eigenvalue weighted by molar-refractivity contribution is -0.140. The monoisotopic (exact) mass is 689 g/mol. The molecule has 0 aliphatic rings. The first-order valence-corrected chi connectivity index (χ1v) is 17.3. The van der Waals surface area contributed by atoms with Crippen LogP contribution in [0.4, 0.5) is 5.69 Å². The van der Waals surface area contributed by atoms with Crippen LogP contribution in [0, 0.1) is 13.8 Å². The summed E-state index contributed by atoms with van der Waals surface area (Å²) < 4.78 is 30.4. The molecule has 0 saturated carbocycles. The molecule has 9 heteroatoms. The van der Waals surface area contributed by atoms with Crippen LogP contribution in [0.1, 0.15) is 42.0 Å². The van der Waals surface area contributed by atoms with Crippen LogP contribution >= 0.6 is 15.9 Å². The average molecular weight is 691 g/mol. The Balaban J connectivity index is 1.81. The molecule has 4 aromatic rings. The number of nitrogens with zero attached hydrogens (tertiary/aromatic N) is 2. The van der Waals surface area contributed by atoms with E-state index in [1.54, 1.807) is 24.3 Å². The quantitative estimate of drug-likeness (QED) is 0.147. The van der Waals surface area contributed by atoms with Crippen molar-refractivity contribution in [3.8, 4) is 0 Å². The first kappa shape index (κ1) is 33.9. The number of rotatable bonds is 14. The molecule has 0 aliphatic heterocycles. The Morgan fingerprint density at radius 2 is 1.49 bits per heavy atom. The molecule has 0 radical (unpaired) electrons. The Hall–Kier alpha value is -3.95. The molecular weight excluding hydrogens is 650 g/mol. The van der Waals surface area contributed by atoms with Crippen LogP contribution in [0.15, 0.2) is 112 Å². The Morgan fingerprint density at radius 1 is 0.844 bits per heavy atom. The number of unbranched alkanes of at least 4 members (excludes halogenated alkanes) is 1. The highest BCUT2D eigenvalue weighted by Crippen LogP contribution is 2.29. The van der Waals surface area contributed by atoms with Gasteiger partial charge in [-0.15, -0.1) is 0 Å². The number of nitrogens with one attached hydrogen (secondary N) is 1. The third-order valence-corrected chi connectivity index (χ3v) is 9.91. The molecule has 0 aliphatic carbocycles. The van der Waals surface area contributed by atoms with Gasteiger partial charge in [0, 0.05) is 24.0 Å². The Labute approximate surface area is 275 Å². The molecule has 4 aromatic carbocycles. The largest absolute Gasteiger partial charge is 0.354 e. The summed E-state index contributed by atoms with van der Waals surface area (Å²) in [5.74, 6) is -0.758. The van der Waals surface area contributed by atoms with Crippen molar-refractivity contribution in [3.05, 3.63) is 130 Å². The van der Waals surface area contributed by atoms with E-state index in [0.717, 1.165) is 34.0 Å². The number of sulfonamides is 1.